The molecule has 2 amide bonds. The number of allylic oxidation sites excluding steroid dienone is 2. The fourth-order valence-electron chi connectivity index (χ4n) is 7.30. The lowest BCUT2D eigenvalue weighted by atomic mass is 9.57. The number of anilines is 1. The molecule has 4 atom stereocenters. The first-order valence-corrected chi connectivity index (χ1v) is 16.7. The number of imide groups is 1. The predicted octanol–water partition coefficient (Wildman–Crippen LogP) is 4.31. The second-order valence-corrected chi connectivity index (χ2v) is 13.7. The Hall–Kier alpha value is -2.64. The highest BCUT2D eigenvalue weighted by Gasteiger charge is 2.57. The Morgan fingerprint density at radius 1 is 1.18 bits per heavy atom. The Bertz CT molecular complexity index is 1530. The first-order valence-electron chi connectivity index (χ1n) is 15.6. The van der Waals surface area contributed by atoms with Crippen LogP contribution in [-0.4, -0.2) is 59.4 Å². The van der Waals surface area contributed by atoms with Gasteiger partial charge in [0.15, 0.2) is 11.5 Å². The number of hydrogen-bond acceptors (Lipinski definition) is 8. The molecule has 5 rings (SSSR count). The molecule has 2 aromatic rings. The van der Waals surface area contributed by atoms with Crippen LogP contribution in [0.25, 0.3) is 6.08 Å². The second-order valence-electron chi connectivity index (χ2n) is 12.5. The molecule has 2 fully saturated rings. The van der Waals surface area contributed by atoms with Crippen LogP contribution >= 0.6 is 22.6 Å². The average molecular weight is 727 g/mol. The highest BCUT2D eigenvalue weighted by Crippen LogP contribution is 2.52. The summed E-state index contributed by atoms with van der Waals surface area (Å²) in [6.07, 6.45) is 5.51. The normalized spacial score (nSPS) is 23.5. The number of carbonyl (C=O) groups excluding carboxylic acids is 2. The van der Waals surface area contributed by atoms with Gasteiger partial charge in [0.05, 0.1) is 34.3 Å². The maximum Gasteiger partial charge on any atom is 0.488 e. The number of methoxy groups -OCH3 is 1. The van der Waals surface area contributed by atoms with E-state index >= 15 is 0 Å². The molecule has 2 saturated heterocycles. The summed E-state index contributed by atoms with van der Waals surface area (Å²) in [5, 5.41) is 40.6. The molecule has 0 unspecified atom stereocenters. The van der Waals surface area contributed by atoms with Gasteiger partial charge in [0.1, 0.15) is 0 Å². The molecule has 0 bridgehead atoms. The van der Waals surface area contributed by atoms with Gasteiger partial charge in [-0.25, -0.2) is 0 Å². The van der Waals surface area contributed by atoms with E-state index < -0.39 is 32.2 Å². The molecule has 3 aliphatic rings. The molecule has 238 valence electrons. The molecule has 1 aliphatic carbocycles. The number of rotatable bonds is 10. The number of amides is 2. The van der Waals surface area contributed by atoms with Crippen LogP contribution in [0, 0.1) is 27.2 Å². The van der Waals surface area contributed by atoms with Crippen LogP contribution in [0.2, 0.25) is 6.32 Å². The third kappa shape index (κ3) is 6.76. The summed E-state index contributed by atoms with van der Waals surface area (Å²) in [7, 11) is -1.26. The predicted molar refractivity (Wildman–Crippen MR) is 183 cm³/mol. The van der Waals surface area contributed by atoms with E-state index in [-0.39, 0.29) is 41.2 Å². The highest BCUT2D eigenvalue weighted by atomic mass is 127. The zero-order chi connectivity index (χ0) is 32.6. The summed E-state index contributed by atoms with van der Waals surface area (Å²) in [5.41, 5.74) is 4.79. The average Bonchev–Trinajstić information content (AvgIpc) is 3.26. The number of nitrogens with zero attached hydrogens (tertiary/aromatic N) is 1. The van der Waals surface area contributed by atoms with Crippen LogP contribution < -0.4 is 15.1 Å². The molecule has 0 saturated carbocycles. The van der Waals surface area contributed by atoms with E-state index in [2.05, 4.69) is 49.4 Å². The summed E-state index contributed by atoms with van der Waals surface area (Å²) in [4.78, 5) is 29.0. The van der Waals surface area contributed by atoms with Gasteiger partial charge in [-0.05, 0) is 107 Å². The van der Waals surface area contributed by atoms with Crippen molar-refractivity contribution in [3.8, 4) is 11.5 Å². The van der Waals surface area contributed by atoms with Gasteiger partial charge < -0.3 is 29.6 Å². The molecule has 2 aromatic carbocycles. The van der Waals surface area contributed by atoms with Gasteiger partial charge in [-0.3, -0.25) is 14.5 Å². The Morgan fingerprint density at radius 2 is 1.93 bits per heavy atom. The van der Waals surface area contributed by atoms with Gasteiger partial charge in [0.2, 0.25) is 11.8 Å². The fraction of sp³-hybridized carbons (Fsp3) is 0.455. The van der Waals surface area contributed by atoms with Crippen molar-refractivity contribution in [3.05, 3.63) is 62.3 Å². The Balaban J connectivity index is 1.45. The summed E-state index contributed by atoms with van der Waals surface area (Å²) in [5.74, 6) is -1.50. The van der Waals surface area contributed by atoms with Crippen molar-refractivity contribution in [1.82, 2.24) is 0 Å². The maximum atomic E-state index is 14.0. The number of aromatic hydroxyl groups is 1. The second kappa shape index (κ2) is 14.0. The number of ether oxygens (including phenoxy) is 1. The van der Waals surface area contributed by atoms with Crippen molar-refractivity contribution in [2.45, 2.75) is 65.3 Å². The first kappa shape index (κ1) is 33.7. The van der Waals surface area contributed by atoms with Crippen molar-refractivity contribution in [3.63, 3.8) is 0 Å². The number of phenols is 1. The zero-order valence-electron chi connectivity index (χ0n) is 26.1. The third-order valence-electron chi connectivity index (χ3n) is 9.31. The van der Waals surface area contributed by atoms with Crippen molar-refractivity contribution < 1.29 is 39.2 Å². The summed E-state index contributed by atoms with van der Waals surface area (Å²) >= 11 is 2.09. The first-order chi connectivity index (χ1) is 21.4. The van der Waals surface area contributed by atoms with Crippen LogP contribution in [0.1, 0.15) is 58.4 Å². The molecule has 12 heteroatoms. The Kier molecular flexibility index (Phi) is 10.5. The van der Waals surface area contributed by atoms with Gasteiger partial charge in [-0.15, -0.1) is 0 Å². The molecular weight excluding hydrogens is 687 g/mol. The number of hydrogen-bond donors (Lipinski definition) is 4. The molecular formula is C33H40B2INO8. The lowest BCUT2D eigenvalue weighted by Gasteiger charge is -2.44. The van der Waals surface area contributed by atoms with E-state index in [0.29, 0.717) is 34.3 Å². The standard InChI is InChI=1S/C33H40B2INO8/c1-5-7-19(12-20-13-26(36)31(38)28(14-20)44-4)10-11-27-29-23(18(2)3)16-24-30(25(29)17-34(41)45-27)33(40)37(32(24)39)22-9-6-8-21(15-22)35(42)43/h6,8-9,12-15,18,24-25,27,30,38,41-43H,5,7,10-11,16-17H2,1-4H3/b19-12+/t24-,25+,27-,30-/m1/s1. The van der Waals surface area contributed by atoms with E-state index in [0.717, 1.165) is 29.6 Å². The minimum Gasteiger partial charge on any atom is -0.504 e. The molecule has 9 nitrogen and oxygen atoms in total. The van der Waals surface area contributed by atoms with Crippen LogP contribution in [-0.2, 0) is 14.2 Å². The van der Waals surface area contributed by atoms with E-state index in [1.54, 1.807) is 12.1 Å². The third-order valence-corrected chi connectivity index (χ3v) is 10.1. The van der Waals surface area contributed by atoms with E-state index in [9.17, 15) is 29.8 Å². The van der Waals surface area contributed by atoms with Crippen LogP contribution in [0.15, 0.2) is 53.1 Å². The van der Waals surface area contributed by atoms with Crippen LogP contribution in [0.4, 0.5) is 5.69 Å². The molecule has 2 heterocycles. The smallest absolute Gasteiger partial charge is 0.488 e. The zero-order valence-corrected chi connectivity index (χ0v) is 28.2. The topological polar surface area (TPSA) is 137 Å². The molecule has 4 N–H and O–H groups in total. The maximum absolute atomic E-state index is 14.0. The molecule has 45 heavy (non-hydrogen) atoms. The minimum absolute atomic E-state index is 0.115. The summed E-state index contributed by atoms with van der Waals surface area (Å²) < 4.78 is 12.3. The number of carbonyl (C=O) groups is 2. The number of halogens is 1. The molecule has 0 spiro atoms. The quantitative estimate of drug-likeness (QED) is 0.123. The monoisotopic (exact) mass is 727 g/mol. The molecule has 0 aromatic heterocycles. The lowest BCUT2D eigenvalue weighted by Crippen LogP contribution is -2.46. The highest BCUT2D eigenvalue weighted by molar-refractivity contribution is 14.1. The van der Waals surface area contributed by atoms with Gasteiger partial charge in [-0.1, -0.05) is 56.5 Å². The van der Waals surface area contributed by atoms with E-state index in [1.165, 1.54) is 29.7 Å². The van der Waals surface area contributed by atoms with E-state index in [1.807, 2.05) is 12.1 Å². The Morgan fingerprint density at radius 3 is 2.60 bits per heavy atom. The fourth-order valence-corrected chi connectivity index (χ4v) is 7.93. The number of benzene rings is 2. The minimum atomic E-state index is -1.72. The van der Waals surface area contributed by atoms with Crippen molar-refractivity contribution in [2.75, 3.05) is 12.0 Å². The van der Waals surface area contributed by atoms with Gasteiger partial charge >= 0.3 is 14.2 Å². The van der Waals surface area contributed by atoms with Crippen molar-refractivity contribution in [2.24, 2.45) is 23.7 Å². The number of phenolic OH excluding ortho intramolecular Hbond substituents is 1. The summed E-state index contributed by atoms with van der Waals surface area (Å²) in [6.45, 7) is 6.31. The SMILES string of the molecule is CCC/C(=C\c1cc(I)c(O)c(OC)c1)CC[C@H]1OB(O)C[C@H]2C1=C(C(C)C)C[C@H]1C(=O)N(c3cccc(B(O)O)c3)C(=O)[C@H]12. The van der Waals surface area contributed by atoms with Crippen molar-refractivity contribution in [1.29, 1.82) is 0 Å². The Labute approximate surface area is 278 Å². The number of fused-ring (bicyclic) bond motifs is 3. The molecule has 2 aliphatic heterocycles. The van der Waals surface area contributed by atoms with Gasteiger partial charge in [0, 0.05) is 0 Å². The van der Waals surface area contributed by atoms with Crippen molar-refractivity contribution >= 4 is 65.9 Å². The summed E-state index contributed by atoms with van der Waals surface area (Å²) in [6, 6.07) is 9.95. The van der Waals surface area contributed by atoms with Crippen LogP contribution in [0.3, 0.4) is 0 Å². The lowest BCUT2D eigenvalue weighted by molar-refractivity contribution is -0.122. The van der Waals surface area contributed by atoms with E-state index in [4.69, 9.17) is 9.39 Å². The van der Waals surface area contributed by atoms with Crippen LogP contribution in [0.5, 0.6) is 11.5 Å². The largest absolute Gasteiger partial charge is 0.504 e. The molecule has 0 radical (unpaired) electrons. The van der Waals surface area contributed by atoms with Gasteiger partial charge in [-0.2, -0.15) is 0 Å². The van der Waals surface area contributed by atoms with Gasteiger partial charge in [0.25, 0.3) is 0 Å².